The summed E-state index contributed by atoms with van der Waals surface area (Å²) in [5.41, 5.74) is 4.28. The molecule has 1 unspecified atom stereocenters. The van der Waals surface area contributed by atoms with Crippen molar-refractivity contribution < 1.29 is 13.9 Å². The number of aryl methyl sites for hydroxylation is 1. The van der Waals surface area contributed by atoms with E-state index in [9.17, 15) is 4.39 Å². The van der Waals surface area contributed by atoms with E-state index >= 15 is 0 Å². The number of halogens is 1. The van der Waals surface area contributed by atoms with Crippen LogP contribution in [0.2, 0.25) is 0 Å². The van der Waals surface area contributed by atoms with E-state index in [4.69, 9.17) is 9.47 Å². The number of anilines is 1. The molecule has 0 amide bonds. The molecule has 1 atom stereocenters. The van der Waals surface area contributed by atoms with Gasteiger partial charge in [0.25, 0.3) is 0 Å². The SMILES string of the molecule is COc1ccccc1N1CCN(CCC(Oc2ccc(C(C)C)c(C)c2)c2ccccc2F)CC1. The molecule has 1 fully saturated rings. The number of nitrogens with zero attached hydrogens (tertiary/aromatic N) is 2. The van der Waals surface area contributed by atoms with Crippen molar-refractivity contribution in [1.29, 1.82) is 0 Å². The number of ether oxygens (including phenoxy) is 2. The van der Waals surface area contributed by atoms with Crippen LogP contribution in [0.5, 0.6) is 11.5 Å². The third-order valence-electron chi connectivity index (χ3n) is 6.90. The van der Waals surface area contributed by atoms with Gasteiger partial charge in [0.1, 0.15) is 23.4 Å². The summed E-state index contributed by atoms with van der Waals surface area (Å²) in [6.07, 6.45) is 0.383. The summed E-state index contributed by atoms with van der Waals surface area (Å²) in [4.78, 5) is 4.81. The second-order valence-corrected chi connectivity index (χ2v) is 9.59. The highest BCUT2D eigenvalue weighted by molar-refractivity contribution is 5.58. The summed E-state index contributed by atoms with van der Waals surface area (Å²) < 4.78 is 26.7. The predicted octanol–water partition coefficient (Wildman–Crippen LogP) is 6.60. The van der Waals surface area contributed by atoms with Gasteiger partial charge in [0.15, 0.2) is 0 Å². The lowest BCUT2D eigenvalue weighted by Gasteiger charge is -2.37. The highest BCUT2D eigenvalue weighted by Crippen LogP contribution is 2.31. The van der Waals surface area contributed by atoms with E-state index in [2.05, 4.69) is 54.8 Å². The fraction of sp³-hybridized carbons (Fsp3) is 0.400. The first-order valence-corrected chi connectivity index (χ1v) is 12.6. The molecule has 0 spiro atoms. The maximum absolute atomic E-state index is 14.8. The lowest BCUT2D eigenvalue weighted by Crippen LogP contribution is -2.47. The maximum atomic E-state index is 14.8. The molecule has 3 aromatic rings. The van der Waals surface area contributed by atoms with E-state index < -0.39 is 0 Å². The van der Waals surface area contributed by atoms with Crippen molar-refractivity contribution in [2.24, 2.45) is 0 Å². The molecule has 35 heavy (non-hydrogen) atoms. The second kappa shape index (κ2) is 11.6. The summed E-state index contributed by atoms with van der Waals surface area (Å²) in [5, 5.41) is 0. The van der Waals surface area contributed by atoms with Crippen LogP contribution in [0.4, 0.5) is 10.1 Å². The van der Waals surface area contributed by atoms with E-state index in [0.29, 0.717) is 11.5 Å². The molecule has 186 valence electrons. The van der Waals surface area contributed by atoms with Crippen molar-refractivity contribution in [3.63, 3.8) is 0 Å². The Hall–Kier alpha value is -3.05. The highest BCUT2D eigenvalue weighted by Gasteiger charge is 2.23. The van der Waals surface area contributed by atoms with Gasteiger partial charge < -0.3 is 14.4 Å². The number of rotatable bonds is 9. The highest BCUT2D eigenvalue weighted by atomic mass is 19.1. The van der Waals surface area contributed by atoms with Crippen LogP contribution < -0.4 is 14.4 Å². The lowest BCUT2D eigenvalue weighted by atomic mass is 9.98. The number of piperazine rings is 1. The predicted molar refractivity (Wildman–Crippen MR) is 141 cm³/mol. The Balaban J connectivity index is 1.42. The van der Waals surface area contributed by atoms with Gasteiger partial charge in [-0.15, -0.1) is 0 Å². The Labute approximate surface area is 209 Å². The molecule has 0 bridgehead atoms. The number of benzene rings is 3. The molecule has 0 aliphatic carbocycles. The molecule has 4 nitrogen and oxygen atoms in total. The van der Waals surface area contributed by atoms with Gasteiger partial charge in [-0.05, 0) is 54.3 Å². The van der Waals surface area contributed by atoms with Gasteiger partial charge in [-0.2, -0.15) is 0 Å². The number of para-hydroxylation sites is 2. The molecule has 0 aromatic heterocycles. The summed E-state index contributed by atoms with van der Waals surface area (Å²) in [5.74, 6) is 1.95. The third kappa shape index (κ3) is 6.15. The molecule has 0 N–H and O–H groups in total. The Bertz CT molecular complexity index is 1110. The average molecular weight is 477 g/mol. The van der Waals surface area contributed by atoms with Crippen molar-refractivity contribution in [2.75, 3.05) is 44.7 Å². The first-order valence-electron chi connectivity index (χ1n) is 12.6. The van der Waals surface area contributed by atoms with Crippen LogP contribution in [0.25, 0.3) is 0 Å². The van der Waals surface area contributed by atoms with Crippen LogP contribution in [0, 0.1) is 12.7 Å². The molecule has 0 radical (unpaired) electrons. The van der Waals surface area contributed by atoms with Gasteiger partial charge in [-0.1, -0.05) is 50.2 Å². The monoisotopic (exact) mass is 476 g/mol. The molecule has 4 rings (SSSR count). The van der Waals surface area contributed by atoms with Gasteiger partial charge in [0, 0.05) is 44.7 Å². The molecule has 1 aliphatic rings. The van der Waals surface area contributed by atoms with E-state index in [1.165, 1.54) is 17.2 Å². The van der Waals surface area contributed by atoms with Crippen LogP contribution in [0.1, 0.15) is 49.0 Å². The van der Waals surface area contributed by atoms with Gasteiger partial charge in [0.2, 0.25) is 0 Å². The Kier molecular flexibility index (Phi) is 8.29. The van der Waals surface area contributed by atoms with E-state index in [1.54, 1.807) is 13.2 Å². The average Bonchev–Trinajstić information content (AvgIpc) is 2.87. The Morgan fingerprint density at radius 1 is 0.886 bits per heavy atom. The summed E-state index contributed by atoms with van der Waals surface area (Å²) in [6, 6.07) is 21.4. The Morgan fingerprint density at radius 3 is 2.29 bits per heavy atom. The van der Waals surface area contributed by atoms with Gasteiger partial charge in [-0.3, -0.25) is 4.90 Å². The summed E-state index contributed by atoms with van der Waals surface area (Å²) in [7, 11) is 1.72. The summed E-state index contributed by atoms with van der Waals surface area (Å²) >= 11 is 0. The largest absolute Gasteiger partial charge is 0.495 e. The molecular weight excluding hydrogens is 439 g/mol. The minimum atomic E-state index is -0.340. The standard InChI is InChI=1S/C30H37FN2O2/c1-22(2)25-14-13-24(21-23(25)3)35-29(26-9-5-6-10-27(26)31)15-16-32-17-19-33(20-18-32)28-11-7-8-12-30(28)34-4/h5-14,21-22,29H,15-20H2,1-4H3. The fourth-order valence-corrected chi connectivity index (χ4v) is 4.95. The molecule has 5 heteroatoms. The van der Waals surface area contributed by atoms with Crippen molar-refractivity contribution in [1.82, 2.24) is 4.90 Å². The van der Waals surface area contributed by atoms with E-state index in [1.807, 2.05) is 30.3 Å². The molecule has 1 saturated heterocycles. The van der Waals surface area contributed by atoms with Crippen molar-refractivity contribution in [3.8, 4) is 11.5 Å². The van der Waals surface area contributed by atoms with Crippen LogP contribution in [0.15, 0.2) is 66.7 Å². The van der Waals surface area contributed by atoms with Gasteiger partial charge in [0.05, 0.1) is 12.8 Å². The third-order valence-corrected chi connectivity index (χ3v) is 6.90. The van der Waals surface area contributed by atoms with Crippen LogP contribution in [-0.2, 0) is 0 Å². The molecule has 3 aromatic carbocycles. The second-order valence-electron chi connectivity index (χ2n) is 9.59. The van der Waals surface area contributed by atoms with Crippen molar-refractivity contribution in [3.05, 3.63) is 89.2 Å². The topological polar surface area (TPSA) is 24.9 Å². The number of hydrogen-bond acceptors (Lipinski definition) is 4. The van der Waals surface area contributed by atoms with Gasteiger partial charge in [-0.25, -0.2) is 4.39 Å². The smallest absolute Gasteiger partial charge is 0.142 e. The molecule has 1 aliphatic heterocycles. The minimum absolute atomic E-state index is 0.214. The quantitative estimate of drug-likeness (QED) is 0.347. The molecule has 1 heterocycles. The van der Waals surface area contributed by atoms with Crippen molar-refractivity contribution in [2.45, 2.75) is 39.2 Å². The molecular formula is C30H37FN2O2. The van der Waals surface area contributed by atoms with Crippen LogP contribution in [0.3, 0.4) is 0 Å². The van der Waals surface area contributed by atoms with E-state index in [-0.39, 0.29) is 11.9 Å². The van der Waals surface area contributed by atoms with Gasteiger partial charge >= 0.3 is 0 Å². The lowest BCUT2D eigenvalue weighted by molar-refractivity contribution is 0.156. The zero-order chi connectivity index (χ0) is 24.8. The van der Waals surface area contributed by atoms with Crippen LogP contribution >= 0.6 is 0 Å². The Morgan fingerprint density at radius 2 is 1.60 bits per heavy atom. The minimum Gasteiger partial charge on any atom is -0.495 e. The first-order chi connectivity index (χ1) is 17.0. The van der Waals surface area contributed by atoms with Crippen LogP contribution in [-0.4, -0.2) is 44.7 Å². The zero-order valence-corrected chi connectivity index (χ0v) is 21.3. The van der Waals surface area contributed by atoms with Crippen molar-refractivity contribution >= 4 is 5.69 Å². The maximum Gasteiger partial charge on any atom is 0.142 e. The van der Waals surface area contributed by atoms with E-state index in [0.717, 1.165) is 56.3 Å². The summed E-state index contributed by atoms with van der Waals surface area (Å²) in [6.45, 7) is 11.1. The fourth-order valence-electron chi connectivity index (χ4n) is 4.95. The normalized spacial score (nSPS) is 15.3. The first kappa shape index (κ1) is 25.1. The zero-order valence-electron chi connectivity index (χ0n) is 21.3. The number of methoxy groups -OCH3 is 1. The number of hydrogen-bond donors (Lipinski definition) is 0. The molecule has 0 saturated carbocycles.